The average molecular weight is 202 g/mol. The highest BCUT2D eigenvalue weighted by Gasteiger charge is 2.10. The number of hydrogen-bond donors (Lipinski definition) is 0. The summed E-state index contributed by atoms with van der Waals surface area (Å²) in [5.74, 6) is 0.869. The van der Waals surface area contributed by atoms with Gasteiger partial charge in [-0.3, -0.25) is 0 Å². The minimum Gasteiger partial charge on any atom is -0.487 e. The monoisotopic (exact) mass is 202 g/mol. The van der Waals surface area contributed by atoms with Gasteiger partial charge in [0.05, 0.1) is 11.7 Å². The second-order valence-corrected chi connectivity index (χ2v) is 3.45. The molecule has 0 radical (unpaired) electrons. The van der Waals surface area contributed by atoms with Crippen LogP contribution in [0.2, 0.25) is 0 Å². The van der Waals surface area contributed by atoms with Crippen molar-refractivity contribution in [3.63, 3.8) is 0 Å². The van der Waals surface area contributed by atoms with Crippen LogP contribution in [0.5, 0.6) is 5.75 Å². The van der Waals surface area contributed by atoms with Gasteiger partial charge in [0.25, 0.3) is 0 Å². The maximum Gasteiger partial charge on any atom is 0.132 e. The smallest absolute Gasteiger partial charge is 0.132 e. The van der Waals surface area contributed by atoms with Crippen molar-refractivity contribution in [2.75, 3.05) is 6.61 Å². The summed E-state index contributed by atoms with van der Waals surface area (Å²) >= 11 is 0. The van der Waals surface area contributed by atoms with Gasteiger partial charge in [0.2, 0.25) is 0 Å². The lowest BCUT2D eigenvalue weighted by molar-refractivity contribution is 0.350. The Morgan fingerprint density at radius 3 is 2.73 bits per heavy atom. The molecular formula is C12H14N2O. The van der Waals surface area contributed by atoms with E-state index >= 15 is 0 Å². The summed E-state index contributed by atoms with van der Waals surface area (Å²) in [6.07, 6.45) is 3.06. The van der Waals surface area contributed by atoms with Gasteiger partial charge in [0, 0.05) is 0 Å². The molecule has 1 atom stereocenters. The Labute approximate surface area is 89.5 Å². The van der Waals surface area contributed by atoms with Gasteiger partial charge in [-0.2, -0.15) is 10.2 Å². The molecule has 0 amide bonds. The fraction of sp³-hybridized carbons (Fsp3) is 0.333. The van der Waals surface area contributed by atoms with Crippen molar-refractivity contribution in [3.05, 3.63) is 42.1 Å². The second-order valence-electron chi connectivity index (χ2n) is 3.45. The van der Waals surface area contributed by atoms with E-state index in [1.165, 1.54) is 0 Å². The highest BCUT2D eigenvalue weighted by Crippen LogP contribution is 2.17. The minimum atomic E-state index is 0.249. The first-order valence-corrected chi connectivity index (χ1v) is 5.18. The van der Waals surface area contributed by atoms with E-state index < -0.39 is 0 Å². The number of azo groups is 1. The van der Waals surface area contributed by atoms with Crippen molar-refractivity contribution < 1.29 is 4.74 Å². The zero-order valence-electron chi connectivity index (χ0n) is 8.76. The Morgan fingerprint density at radius 1 is 1.27 bits per heavy atom. The predicted octanol–water partition coefficient (Wildman–Crippen LogP) is 3.19. The number of rotatable bonds is 4. The van der Waals surface area contributed by atoms with Crippen molar-refractivity contribution in [1.82, 2.24) is 0 Å². The van der Waals surface area contributed by atoms with Gasteiger partial charge in [-0.1, -0.05) is 25.1 Å². The number of benzene rings is 1. The van der Waals surface area contributed by atoms with Crippen molar-refractivity contribution in [2.24, 2.45) is 10.2 Å². The van der Waals surface area contributed by atoms with E-state index in [-0.39, 0.29) is 6.04 Å². The van der Waals surface area contributed by atoms with Gasteiger partial charge in [-0.05, 0) is 24.6 Å². The molecular weight excluding hydrogens is 188 g/mol. The first kappa shape index (κ1) is 9.90. The maximum atomic E-state index is 5.56. The summed E-state index contributed by atoms with van der Waals surface area (Å²) in [4.78, 5) is 0. The number of para-hydroxylation sites is 1. The molecule has 15 heavy (non-hydrogen) atoms. The normalized spacial score (nSPS) is 19.0. The Balaban J connectivity index is 1.88. The highest BCUT2D eigenvalue weighted by atomic mass is 16.5. The third-order valence-corrected chi connectivity index (χ3v) is 2.27. The second kappa shape index (κ2) is 4.73. The van der Waals surface area contributed by atoms with Gasteiger partial charge in [-0.25, -0.2) is 0 Å². The topological polar surface area (TPSA) is 34.0 Å². The van der Waals surface area contributed by atoms with Gasteiger partial charge >= 0.3 is 0 Å². The molecule has 3 heteroatoms. The van der Waals surface area contributed by atoms with Crippen LogP contribution in [0.3, 0.4) is 0 Å². The molecule has 1 unspecified atom stereocenters. The summed E-state index contributed by atoms with van der Waals surface area (Å²) in [5, 5.41) is 8.16. The van der Waals surface area contributed by atoms with Gasteiger partial charge < -0.3 is 4.74 Å². The fourth-order valence-electron chi connectivity index (χ4n) is 1.39. The van der Waals surface area contributed by atoms with Crippen LogP contribution in [0.15, 0.2) is 52.3 Å². The lowest BCUT2D eigenvalue weighted by atomic mass is 10.2. The van der Waals surface area contributed by atoms with E-state index in [0.29, 0.717) is 6.61 Å². The molecule has 0 aliphatic carbocycles. The summed E-state index contributed by atoms with van der Waals surface area (Å²) in [7, 11) is 0. The Bertz CT molecular complexity index is 370. The first-order valence-electron chi connectivity index (χ1n) is 5.18. The van der Waals surface area contributed by atoms with Crippen LogP contribution >= 0.6 is 0 Å². The third kappa shape index (κ3) is 2.65. The minimum absolute atomic E-state index is 0.249. The van der Waals surface area contributed by atoms with E-state index in [4.69, 9.17) is 4.74 Å². The number of nitrogens with zero attached hydrogens (tertiary/aromatic N) is 2. The predicted molar refractivity (Wildman–Crippen MR) is 59.0 cm³/mol. The number of ether oxygens (including phenoxy) is 1. The van der Waals surface area contributed by atoms with Crippen LogP contribution in [0.1, 0.15) is 13.3 Å². The van der Waals surface area contributed by atoms with E-state index in [9.17, 15) is 0 Å². The largest absolute Gasteiger partial charge is 0.487 e. The standard InChI is InChI=1S/C12H14N2O/c1-2-10-8-11(14-13-10)9-15-12-6-4-3-5-7-12/h3-8,10H,2,9H2,1H3. The summed E-state index contributed by atoms with van der Waals surface area (Å²) < 4.78 is 5.56. The first-order chi connectivity index (χ1) is 7.38. The number of hydrogen-bond acceptors (Lipinski definition) is 3. The molecule has 1 aromatic carbocycles. The van der Waals surface area contributed by atoms with Crippen molar-refractivity contribution in [1.29, 1.82) is 0 Å². The highest BCUT2D eigenvalue weighted by molar-refractivity contribution is 5.22. The van der Waals surface area contributed by atoms with Gasteiger partial charge in [-0.15, -0.1) is 0 Å². The molecule has 3 nitrogen and oxygen atoms in total. The van der Waals surface area contributed by atoms with Crippen LogP contribution in [-0.2, 0) is 0 Å². The zero-order chi connectivity index (χ0) is 10.5. The molecule has 1 aliphatic rings. The van der Waals surface area contributed by atoms with Crippen molar-refractivity contribution in [2.45, 2.75) is 19.4 Å². The average Bonchev–Trinajstić information content (AvgIpc) is 2.76. The van der Waals surface area contributed by atoms with Crippen LogP contribution in [0, 0.1) is 0 Å². The molecule has 0 fully saturated rings. The molecule has 0 spiro atoms. The molecule has 0 N–H and O–H groups in total. The van der Waals surface area contributed by atoms with E-state index in [0.717, 1.165) is 17.9 Å². The molecule has 0 bridgehead atoms. The zero-order valence-corrected chi connectivity index (χ0v) is 8.76. The molecule has 2 rings (SSSR count). The SMILES string of the molecule is CCC1C=C(COc2ccccc2)N=N1. The van der Waals surface area contributed by atoms with Crippen LogP contribution in [0.4, 0.5) is 0 Å². The summed E-state index contributed by atoms with van der Waals surface area (Å²) in [6, 6.07) is 9.99. The van der Waals surface area contributed by atoms with Crippen molar-refractivity contribution in [3.8, 4) is 5.75 Å². The van der Waals surface area contributed by atoms with E-state index in [2.05, 4.69) is 23.2 Å². The Hall–Kier alpha value is -1.64. The van der Waals surface area contributed by atoms with E-state index in [1.807, 2.05) is 30.3 Å². The lowest BCUT2D eigenvalue weighted by Crippen LogP contribution is -1.99. The quantitative estimate of drug-likeness (QED) is 0.738. The van der Waals surface area contributed by atoms with Crippen LogP contribution in [-0.4, -0.2) is 12.6 Å². The molecule has 1 aromatic rings. The molecule has 1 heterocycles. The van der Waals surface area contributed by atoms with Gasteiger partial charge in [0.15, 0.2) is 0 Å². The maximum absolute atomic E-state index is 5.56. The summed E-state index contributed by atoms with van der Waals surface area (Å²) in [6.45, 7) is 2.60. The summed E-state index contributed by atoms with van der Waals surface area (Å²) in [5.41, 5.74) is 0.922. The molecule has 0 saturated carbocycles. The Morgan fingerprint density at radius 2 is 2.07 bits per heavy atom. The van der Waals surface area contributed by atoms with Crippen LogP contribution < -0.4 is 4.74 Å². The van der Waals surface area contributed by atoms with E-state index in [1.54, 1.807) is 0 Å². The van der Waals surface area contributed by atoms with Crippen LogP contribution in [0.25, 0.3) is 0 Å². The molecule has 78 valence electrons. The molecule has 0 aromatic heterocycles. The molecule has 1 aliphatic heterocycles. The lowest BCUT2D eigenvalue weighted by Gasteiger charge is -2.03. The Kier molecular flexibility index (Phi) is 3.12. The van der Waals surface area contributed by atoms with Crippen molar-refractivity contribution >= 4 is 0 Å². The third-order valence-electron chi connectivity index (χ3n) is 2.27. The molecule has 0 saturated heterocycles. The fourth-order valence-corrected chi connectivity index (χ4v) is 1.39. The van der Waals surface area contributed by atoms with Gasteiger partial charge in [0.1, 0.15) is 12.4 Å².